The third-order valence-corrected chi connectivity index (χ3v) is 3.28. The second-order valence-electron chi connectivity index (χ2n) is 4.53. The van der Waals surface area contributed by atoms with Crippen molar-refractivity contribution < 1.29 is 9.13 Å². The van der Waals surface area contributed by atoms with Crippen molar-refractivity contribution in [3.05, 3.63) is 59.4 Å². The summed E-state index contributed by atoms with van der Waals surface area (Å²) in [6.45, 7) is 0. The fourth-order valence-corrected chi connectivity index (χ4v) is 2.36. The van der Waals surface area contributed by atoms with Crippen LogP contribution in [0.4, 0.5) is 10.1 Å². The Morgan fingerprint density at radius 1 is 1.17 bits per heavy atom. The molecular formula is C15H14FNO. The Labute approximate surface area is 105 Å². The molecule has 3 rings (SSSR count). The highest BCUT2D eigenvalue weighted by atomic mass is 19.1. The molecule has 1 aliphatic heterocycles. The molecule has 0 fully saturated rings. The highest BCUT2D eigenvalue weighted by Gasteiger charge is 2.23. The molecule has 0 amide bonds. The average molecular weight is 243 g/mol. The molecule has 1 atom stereocenters. The first-order chi connectivity index (χ1) is 8.74. The Bertz CT molecular complexity index is 582. The Kier molecular flexibility index (Phi) is 2.67. The van der Waals surface area contributed by atoms with Gasteiger partial charge in [-0.3, -0.25) is 0 Å². The van der Waals surface area contributed by atoms with Gasteiger partial charge in [0.15, 0.2) is 0 Å². The fraction of sp³-hybridized carbons (Fsp3) is 0.200. The van der Waals surface area contributed by atoms with E-state index in [9.17, 15) is 4.39 Å². The Morgan fingerprint density at radius 2 is 2.00 bits per heavy atom. The van der Waals surface area contributed by atoms with Gasteiger partial charge in [-0.2, -0.15) is 0 Å². The zero-order valence-corrected chi connectivity index (χ0v) is 9.90. The molecule has 2 nitrogen and oxygen atoms in total. The van der Waals surface area contributed by atoms with Gasteiger partial charge in [0, 0.05) is 11.3 Å². The van der Waals surface area contributed by atoms with Crippen LogP contribution in [0, 0.1) is 5.82 Å². The summed E-state index contributed by atoms with van der Waals surface area (Å²) in [5, 5.41) is 0. The summed E-state index contributed by atoms with van der Waals surface area (Å²) in [6.07, 6.45) is 1.43. The lowest BCUT2D eigenvalue weighted by atomic mass is 9.97. The van der Waals surface area contributed by atoms with Crippen molar-refractivity contribution >= 4 is 5.69 Å². The highest BCUT2D eigenvalue weighted by Crippen LogP contribution is 2.36. The molecule has 0 aromatic heterocycles. The largest absolute Gasteiger partial charge is 0.485 e. The normalized spacial score (nSPS) is 17.9. The number of halogens is 1. The van der Waals surface area contributed by atoms with E-state index in [1.165, 1.54) is 6.07 Å². The number of fused-ring (bicyclic) bond motifs is 1. The standard InChI is InChI=1S/C15H14FNO/c16-13-4-2-1-3-12(13)15-7-5-10-9-11(17)6-8-14(10)18-15/h1-4,6,8-9,15H,5,7,17H2. The maximum atomic E-state index is 13.7. The first-order valence-corrected chi connectivity index (χ1v) is 6.03. The van der Waals surface area contributed by atoms with Gasteiger partial charge in [0.1, 0.15) is 17.7 Å². The average Bonchev–Trinajstić information content (AvgIpc) is 2.39. The van der Waals surface area contributed by atoms with E-state index in [2.05, 4.69) is 0 Å². The molecule has 1 unspecified atom stereocenters. The van der Waals surface area contributed by atoms with Crippen molar-refractivity contribution in [1.82, 2.24) is 0 Å². The summed E-state index contributed by atoms with van der Waals surface area (Å²) in [7, 11) is 0. The van der Waals surface area contributed by atoms with E-state index in [0.717, 1.165) is 29.8 Å². The lowest BCUT2D eigenvalue weighted by molar-refractivity contribution is 0.172. The van der Waals surface area contributed by atoms with Gasteiger partial charge in [0.05, 0.1) is 0 Å². The van der Waals surface area contributed by atoms with E-state index in [-0.39, 0.29) is 11.9 Å². The number of hydrogen-bond donors (Lipinski definition) is 1. The smallest absolute Gasteiger partial charge is 0.130 e. The first kappa shape index (κ1) is 11.1. The number of ether oxygens (including phenoxy) is 1. The van der Waals surface area contributed by atoms with Crippen LogP contribution in [0.15, 0.2) is 42.5 Å². The summed E-state index contributed by atoms with van der Waals surface area (Å²) in [6, 6.07) is 12.4. The Balaban J connectivity index is 1.92. The van der Waals surface area contributed by atoms with Crippen LogP contribution in [0.5, 0.6) is 5.75 Å². The minimum atomic E-state index is -0.207. The lowest BCUT2D eigenvalue weighted by Crippen LogP contribution is -2.16. The number of hydrogen-bond acceptors (Lipinski definition) is 2. The molecule has 2 aromatic rings. The second-order valence-corrected chi connectivity index (χ2v) is 4.53. The predicted octanol–water partition coefficient (Wildman–Crippen LogP) is 3.47. The molecule has 92 valence electrons. The first-order valence-electron chi connectivity index (χ1n) is 6.03. The van der Waals surface area contributed by atoms with Crippen LogP contribution in [0.2, 0.25) is 0 Å². The van der Waals surface area contributed by atoms with E-state index in [1.807, 2.05) is 24.3 Å². The molecule has 2 aromatic carbocycles. The quantitative estimate of drug-likeness (QED) is 0.778. The predicted molar refractivity (Wildman–Crippen MR) is 68.9 cm³/mol. The van der Waals surface area contributed by atoms with Gasteiger partial charge in [0.2, 0.25) is 0 Å². The van der Waals surface area contributed by atoms with Crippen molar-refractivity contribution in [3.8, 4) is 5.75 Å². The van der Waals surface area contributed by atoms with E-state index in [4.69, 9.17) is 10.5 Å². The number of nitrogen functional groups attached to an aromatic ring is 1. The summed E-state index contributed by atoms with van der Waals surface area (Å²) >= 11 is 0. The van der Waals surface area contributed by atoms with Gasteiger partial charge < -0.3 is 10.5 Å². The molecule has 0 saturated heterocycles. The van der Waals surface area contributed by atoms with E-state index < -0.39 is 0 Å². The van der Waals surface area contributed by atoms with Crippen molar-refractivity contribution in [2.45, 2.75) is 18.9 Å². The number of aryl methyl sites for hydroxylation is 1. The Hall–Kier alpha value is -2.03. The van der Waals surface area contributed by atoms with Crippen LogP contribution in [0.1, 0.15) is 23.7 Å². The van der Waals surface area contributed by atoms with Crippen LogP contribution in [0.3, 0.4) is 0 Å². The van der Waals surface area contributed by atoms with Crippen molar-refractivity contribution in [1.29, 1.82) is 0 Å². The second kappa shape index (κ2) is 4.33. The third kappa shape index (κ3) is 1.92. The fourth-order valence-electron chi connectivity index (χ4n) is 2.36. The lowest BCUT2D eigenvalue weighted by Gasteiger charge is -2.26. The van der Waals surface area contributed by atoms with E-state index in [0.29, 0.717) is 5.56 Å². The molecule has 1 heterocycles. The van der Waals surface area contributed by atoms with Gasteiger partial charge in [-0.1, -0.05) is 18.2 Å². The van der Waals surface area contributed by atoms with Gasteiger partial charge in [-0.15, -0.1) is 0 Å². The maximum absolute atomic E-state index is 13.7. The summed E-state index contributed by atoms with van der Waals surface area (Å²) in [5.74, 6) is 0.602. The minimum absolute atomic E-state index is 0.206. The highest BCUT2D eigenvalue weighted by molar-refractivity contribution is 5.49. The number of nitrogens with two attached hydrogens (primary N) is 1. The van der Waals surface area contributed by atoms with E-state index >= 15 is 0 Å². The topological polar surface area (TPSA) is 35.2 Å². The van der Waals surface area contributed by atoms with Crippen LogP contribution >= 0.6 is 0 Å². The van der Waals surface area contributed by atoms with Crippen LogP contribution < -0.4 is 10.5 Å². The third-order valence-electron chi connectivity index (χ3n) is 3.28. The van der Waals surface area contributed by atoms with Gasteiger partial charge in [-0.25, -0.2) is 4.39 Å². The monoisotopic (exact) mass is 243 g/mol. The number of benzene rings is 2. The number of anilines is 1. The zero-order valence-electron chi connectivity index (χ0n) is 9.90. The zero-order chi connectivity index (χ0) is 12.5. The molecule has 0 spiro atoms. The van der Waals surface area contributed by atoms with Crippen LogP contribution in [-0.4, -0.2) is 0 Å². The van der Waals surface area contributed by atoms with Crippen molar-refractivity contribution in [2.75, 3.05) is 5.73 Å². The van der Waals surface area contributed by atoms with E-state index in [1.54, 1.807) is 12.1 Å². The maximum Gasteiger partial charge on any atom is 0.130 e. The molecule has 2 N–H and O–H groups in total. The molecule has 18 heavy (non-hydrogen) atoms. The molecular weight excluding hydrogens is 229 g/mol. The molecule has 3 heteroatoms. The summed E-state index contributed by atoms with van der Waals surface area (Å²) < 4.78 is 19.6. The molecule has 1 aliphatic rings. The summed E-state index contributed by atoms with van der Waals surface area (Å²) in [5.41, 5.74) is 8.20. The van der Waals surface area contributed by atoms with Gasteiger partial charge >= 0.3 is 0 Å². The van der Waals surface area contributed by atoms with Crippen molar-refractivity contribution in [3.63, 3.8) is 0 Å². The molecule has 0 radical (unpaired) electrons. The van der Waals surface area contributed by atoms with Crippen LogP contribution in [0.25, 0.3) is 0 Å². The Morgan fingerprint density at radius 3 is 2.83 bits per heavy atom. The molecule has 0 saturated carbocycles. The van der Waals surface area contributed by atoms with Crippen LogP contribution in [-0.2, 0) is 6.42 Å². The van der Waals surface area contributed by atoms with Gasteiger partial charge in [0.25, 0.3) is 0 Å². The molecule has 0 aliphatic carbocycles. The summed E-state index contributed by atoms with van der Waals surface area (Å²) in [4.78, 5) is 0. The van der Waals surface area contributed by atoms with Gasteiger partial charge in [-0.05, 0) is 42.7 Å². The molecule has 0 bridgehead atoms. The van der Waals surface area contributed by atoms with Crippen molar-refractivity contribution in [2.24, 2.45) is 0 Å². The SMILES string of the molecule is Nc1ccc2c(c1)CCC(c1ccccc1F)O2. The minimum Gasteiger partial charge on any atom is -0.485 e. The number of rotatable bonds is 1.